The van der Waals surface area contributed by atoms with Crippen LogP contribution in [0.25, 0.3) is 0 Å². The summed E-state index contributed by atoms with van der Waals surface area (Å²) in [6.45, 7) is 5.59. The SMILES string of the molecule is CCc1ccc(CCC2(Cn3ccnc3)SCC(CC)S2)cc1. The average molecular weight is 347 g/mol. The highest BCUT2D eigenvalue weighted by molar-refractivity contribution is 8.21. The van der Waals surface area contributed by atoms with Crippen LogP contribution in [0.1, 0.15) is 37.8 Å². The molecule has 2 nitrogen and oxygen atoms in total. The lowest BCUT2D eigenvalue weighted by molar-refractivity contribution is 0.592. The second-order valence-corrected chi connectivity index (χ2v) is 9.62. The Kier molecular flexibility index (Phi) is 5.76. The van der Waals surface area contributed by atoms with Crippen LogP contribution in [0.4, 0.5) is 0 Å². The van der Waals surface area contributed by atoms with Gasteiger partial charge in [-0.25, -0.2) is 4.98 Å². The van der Waals surface area contributed by atoms with Crippen molar-refractivity contribution in [2.24, 2.45) is 0 Å². The summed E-state index contributed by atoms with van der Waals surface area (Å²) in [5, 5.41) is 0.797. The van der Waals surface area contributed by atoms with Gasteiger partial charge in [-0.1, -0.05) is 38.1 Å². The minimum absolute atomic E-state index is 0.296. The number of benzene rings is 1. The summed E-state index contributed by atoms with van der Waals surface area (Å²) < 4.78 is 2.54. The number of imidazole rings is 1. The number of hydrogen-bond donors (Lipinski definition) is 0. The molecule has 1 aliphatic rings. The number of hydrogen-bond acceptors (Lipinski definition) is 3. The maximum atomic E-state index is 4.22. The monoisotopic (exact) mass is 346 g/mol. The van der Waals surface area contributed by atoms with E-state index >= 15 is 0 Å². The highest BCUT2D eigenvalue weighted by atomic mass is 32.2. The topological polar surface area (TPSA) is 17.8 Å². The summed E-state index contributed by atoms with van der Waals surface area (Å²) in [7, 11) is 0. The van der Waals surface area contributed by atoms with E-state index in [2.05, 4.69) is 77.4 Å². The fraction of sp³-hybridized carbons (Fsp3) is 0.526. The highest BCUT2D eigenvalue weighted by Crippen LogP contribution is 2.52. The van der Waals surface area contributed by atoms with Crippen molar-refractivity contribution >= 4 is 23.5 Å². The Hall–Kier alpha value is -0.870. The third kappa shape index (κ3) is 4.36. The van der Waals surface area contributed by atoms with E-state index in [1.165, 1.54) is 29.7 Å². The van der Waals surface area contributed by atoms with E-state index in [4.69, 9.17) is 0 Å². The predicted molar refractivity (Wildman–Crippen MR) is 103 cm³/mol. The predicted octanol–water partition coefficient (Wildman–Crippen LogP) is 5.03. The minimum atomic E-state index is 0.296. The van der Waals surface area contributed by atoms with E-state index in [9.17, 15) is 0 Å². The molecule has 0 radical (unpaired) electrons. The van der Waals surface area contributed by atoms with Gasteiger partial charge in [-0.05, 0) is 36.8 Å². The van der Waals surface area contributed by atoms with E-state index in [-0.39, 0.29) is 0 Å². The molecule has 23 heavy (non-hydrogen) atoms. The number of rotatable bonds is 7. The standard InChI is InChI=1S/C19H26N2S2/c1-3-16-5-7-17(8-6-16)9-10-19(14-21-12-11-20-15-21)22-13-18(4-2)23-19/h5-8,11-12,15,18H,3-4,9-10,13-14H2,1-2H3. The van der Waals surface area contributed by atoms with Crippen molar-refractivity contribution in [1.82, 2.24) is 9.55 Å². The molecule has 0 saturated carbocycles. The largest absolute Gasteiger partial charge is 0.335 e. The van der Waals surface area contributed by atoms with Crippen molar-refractivity contribution < 1.29 is 0 Å². The molecule has 0 aliphatic carbocycles. The molecule has 0 spiro atoms. The molecule has 0 N–H and O–H groups in total. The second-order valence-electron chi connectivity index (χ2n) is 6.27. The summed E-state index contributed by atoms with van der Waals surface area (Å²) in [4.78, 5) is 4.22. The van der Waals surface area contributed by atoms with Gasteiger partial charge in [0.2, 0.25) is 0 Å². The Balaban J connectivity index is 1.68. The number of thioether (sulfide) groups is 2. The number of nitrogens with zero attached hydrogens (tertiary/aromatic N) is 2. The van der Waals surface area contributed by atoms with Crippen molar-refractivity contribution in [2.45, 2.75) is 55.4 Å². The molecule has 124 valence electrons. The van der Waals surface area contributed by atoms with Crippen LogP contribution in [-0.4, -0.2) is 24.6 Å². The molecule has 1 aromatic carbocycles. The van der Waals surface area contributed by atoms with Crippen LogP contribution < -0.4 is 0 Å². The second kappa shape index (κ2) is 7.80. The Morgan fingerprint density at radius 3 is 2.61 bits per heavy atom. The van der Waals surface area contributed by atoms with E-state index in [0.717, 1.165) is 24.6 Å². The van der Waals surface area contributed by atoms with Crippen molar-refractivity contribution in [3.8, 4) is 0 Å². The van der Waals surface area contributed by atoms with Crippen LogP contribution in [0, 0.1) is 0 Å². The van der Waals surface area contributed by atoms with Gasteiger partial charge in [0.1, 0.15) is 0 Å². The molecule has 1 aromatic heterocycles. The molecule has 0 bridgehead atoms. The summed E-state index contributed by atoms with van der Waals surface area (Å²) in [5.74, 6) is 1.28. The molecule has 1 fully saturated rings. The van der Waals surface area contributed by atoms with E-state index in [1.807, 2.05) is 12.5 Å². The normalized spacial score (nSPS) is 24.2. The molecule has 2 aromatic rings. The fourth-order valence-corrected chi connectivity index (χ4v) is 6.84. The lowest BCUT2D eigenvalue weighted by atomic mass is 10.0. The number of aryl methyl sites for hydroxylation is 2. The van der Waals surface area contributed by atoms with Gasteiger partial charge in [0.15, 0.2) is 0 Å². The van der Waals surface area contributed by atoms with Crippen LogP contribution in [0.3, 0.4) is 0 Å². The lowest BCUT2D eigenvalue weighted by Gasteiger charge is -2.28. The smallest absolute Gasteiger partial charge is 0.0946 e. The Morgan fingerprint density at radius 1 is 1.22 bits per heavy atom. The van der Waals surface area contributed by atoms with Crippen LogP contribution in [0.5, 0.6) is 0 Å². The lowest BCUT2D eigenvalue weighted by Crippen LogP contribution is -2.25. The molecular formula is C19H26N2S2. The van der Waals surface area contributed by atoms with E-state index < -0.39 is 0 Å². The van der Waals surface area contributed by atoms with Crippen LogP contribution >= 0.6 is 23.5 Å². The average Bonchev–Trinajstić information content (AvgIpc) is 3.24. The Bertz CT molecular complexity index is 594. The zero-order valence-electron chi connectivity index (χ0n) is 14.1. The molecular weight excluding hydrogens is 320 g/mol. The van der Waals surface area contributed by atoms with Gasteiger partial charge in [-0.15, -0.1) is 23.5 Å². The van der Waals surface area contributed by atoms with Crippen molar-refractivity contribution in [3.05, 3.63) is 54.1 Å². The third-order valence-electron chi connectivity index (χ3n) is 4.58. The maximum Gasteiger partial charge on any atom is 0.0946 e. The molecule has 4 heteroatoms. The first-order chi connectivity index (χ1) is 11.2. The molecule has 0 amide bonds. The highest BCUT2D eigenvalue weighted by Gasteiger charge is 2.40. The zero-order valence-corrected chi connectivity index (χ0v) is 15.7. The van der Waals surface area contributed by atoms with E-state index in [1.54, 1.807) is 0 Å². The summed E-state index contributed by atoms with van der Waals surface area (Å²) in [6.07, 6.45) is 10.7. The molecule has 3 rings (SSSR count). The van der Waals surface area contributed by atoms with Crippen LogP contribution in [0.2, 0.25) is 0 Å². The van der Waals surface area contributed by atoms with Gasteiger partial charge < -0.3 is 4.57 Å². The van der Waals surface area contributed by atoms with Crippen molar-refractivity contribution in [1.29, 1.82) is 0 Å². The molecule has 2 heterocycles. The first-order valence-electron chi connectivity index (χ1n) is 8.58. The Labute approximate surface area is 148 Å². The quantitative estimate of drug-likeness (QED) is 0.700. The van der Waals surface area contributed by atoms with Gasteiger partial charge in [-0.2, -0.15) is 0 Å². The molecule has 1 aliphatic heterocycles. The van der Waals surface area contributed by atoms with Gasteiger partial charge >= 0.3 is 0 Å². The minimum Gasteiger partial charge on any atom is -0.335 e. The zero-order chi connectivity index (χ0) is 16.1. The first kappa shape index (κ1) is 17.0. The molecule has 2 unspecified atom stereocenters. The molecule has 2 atom stereocenters. The first-order valence-corrected chi connectivity index (χ1v) is 10.4. The van der Waals surface area contributed by atoms with Crippen LogP contribution in [0.15, 0.2) is 43.0 Å². The Morgan fingerprint density at radius 2 is 2.00 bits per heavy atom. The van der Waals surface area contributed by atoms with Gasteiger partial charge in [0, 0.05) is 29.9 Å². The van der Waals surface area contributed by atoms with E-state index in [0.29, 0.717) is 4.08 Å². The summed E-state index contributed by atoms with van der Waals surface area (Å²) >= 11 is 4.36. The van der Waals surface area contributed by atoms with Gasteiger partial charge in [-0.3, -0.25) is 0 Å². The van der Waals surface area contributed by atoms with Gasteiger partial charge in [0.25, 0.3) is 0 Å². The summed E-state index contributed by atoms with van der Waals surface area (Å²) in [6, 6.07) is 9.18. The molecule has 1 saturated heterocycles. The van der Waals surface area contributed by atoms with Crippen molar-refractivity contribution in [3.63, 3.8) is 0 Å². The maximum absolute atomic E-state index is 4.22. The van der Waals surface area contributed by atoms with Gasteiger partial charge in [0.05, 0.1) is 10.4 Å². The van der Waals surface area contributed by atoms with Crippen LogP contribution in [-0.2, 0) is 19.4 Å². The number of aromatic nitrogens is 2. The summed E-state index contributed by atoms with van der Waals surface area (Å²) in [5.41, 5.74) is 2.89. The third-order valence-corrected chi connectivity index (χ3v) is 8.46. The fourth-order valence-electron chi connectivity index (χ4n) is 3.05. The van der Waals surface area contributed by atoms with Crippen molar-refractivity contribution in [2.75, 3.05) is 5.75 Å².